The van der Waals surface area contributed by atoms with Gasteiger partial charge >= 0.3 is 0 Å². The monoisotopic (exact) mass is 291 g/mol. The van der Waals surface area contributed by atoms with Crippen molar-refractivity contribution in [1.82, 2.24) is 5.32 Å². The summed E-state index contributed by atoms with van der Waals surface area (Å²) in [6, 6.07) is 1.54. The Balaban J connectivity index is 1.74. The highest BCUT2D eigenvalue weighted by molar-refractivity contribution is 5.13. The van der Waals surface area contributed by atoms with Crippen LogP contribution >= 0.6 is 0 Å². The third-order valence-corrected chi connectivity index (χ3v) is 8.23. The highest BCUT2D eigenvalue weighted by Gasteiger charge is 2.61. The van der Waals surface area contributed by atoms with Gasteiger partial charge in [-0.15, -0.1) is 0 Å². The molecule has 1 N–H and O–H groups in total. The van der Waals surface area contributed by atoms with Crippen molar-refractivity contribution in [2.45, 2.75) is 92.2 Å². The maximum atomic E-state index is 4.21. The maximum Gasteiger partial charge on any atom is 0.0132 e. The quantitative estimate of drug-likeness (QED) is 0.748. The molecule has 0 aromatic carbocycles. The Bertz CT molecular complexity index is 385. The third-order valence-electron chi connectivity index (χ3n) is 8.23. The summed E-state index contributed by atoms with van der Waals surface area (Å²) in [7, 11) is 0. The van der Waals surface area contributed by atoms with Crippen molar-refractivity contribution in [1.29, 1.82) is 0 Å². The van der Waals surface area contributed by atoms with E-state index in [4.69, 9.17) is 0 Å². The molecule has 0 heterocycles. The molecule has 122 valence electrons. The number of hydrogen-bond acceptors (Lipinski definition) is 1. The molecule has 0 spiro atoms. The molecule has 3 aliphatic rings. The molecule has 3 fully saturated rings. The summed E-state index contributed by atoms with van der Waals surface area (Å²) in [5.41, 5.74) is 1.07. The van der Waals surface area contributed by atoms with Gasteiger partial charge in [0.2, 0.25) is 0 Å². The Morgan fingerprint density at radius 2 is 1.71 bits per heavy atom. The maximum absolute atomic E-state index is 4.21. The predicted molar refractivity (Wildman–Crippen MR) is 91.3 cm³/mol. The minimum Gasteiger partial charge on any atom is -0.310 e. The van der Waals surface area contributed by atoms with E-state index in [-0.39, 0.29) is 0 Å². The first-order valence-electron chi connectivity index (χ1n) is 9.51. The third kappa shape index (κ3) is 2.38. The molecule has 0 radical (unpaired) electrons. The lowest BCUT2D eigenvalue weighted by Crippen LogP contribution is -2.53. The minimum atomic E-state index is 0.528. The van der Waals surface area contributed by atoms with Crippen LogP contribution in [-0.4, -0.2) is 12.1 Å². The van der Waals surface area contributed by atoms with Crippen LogP contribution in [0.2, 0.25) is 0 Å². The van der Waals surface area contributed by atoms with E-state index in [1.165, 1.54) is 38.5 Å². The normalized spacial score (nSPS) is 49.0. The Hall–Kier alpha value is -0.0400. The second-order valence-corrected chi connectivity index (χ2v) is 9.76. The van der Waals surface area contributed by atoms with Gasteiger partial charge in [-0.1, -0.05) is 48.0 Å². The molecule has 0 aromatic heterocycles. The summed E-state index contributed by atoms with van der Waals surface area (Å²) >= 11 is 0. The second-order valence-electron chi connectivity index (χ2n) is 9.76. The van der Waals surface area contributed by atoms with Crippen molar-refractivity contribution in [3.8, 4) is 0 Å². The van der Waals surface area contributed by atoms with E-state index >= 15 is 0 Å². The zero-order chi connectivity index (χ0) is 15.4. The first-order valence-corrected chi connectivity index (χ1v) is 9.51. The van der Waals surface area contributed by atoms with Gasteiger partial charge in [-0.05, 0) is 66.6 Å². The Morgan fingerprint density at radius 3 is 2.24 bits per heavy atom. The van der Waals surface area contributed by atoms with Gasteiger partial charge in [0.05, 0.1) is 0 Å². The van der Waals surface area contributed by atoms with Crippen LogP contribution < -0.4 is 5.32 Å². The van der Waals surface area contributed by atoms with Crippen LogP contribution in [-0.2, 0) is 0 Å². The molecule has 2 bridgehead atoms. The van der Waals surface area contributed by atoms with Gasteiger partial charge in [0.15, 0.2) is 0 Å². The molecule has 3 rings (SSSR count). The summed E-state index contributed by atoms with van der Waals surface area (Å²) in [6.45, 7) is 15.0. The van der Waals surface area contributed by atoms with E-state index < -0.39 is 0 Å². The van der Waals surface area contributed by atoms with E-state index in [1.807, 2.05) is 0 Å². The lowest BCUT2D eigenvalue weighted by molar-refractivity contribution is 0.0874. The van der Waals surface area contributed by atoms with Crippen LogP contribution in [0.4, 0.5) is 0 Å². The Morgan fingerprint density at radius 1 is 1.00 bits per heavy atom. The molecule has 3 saturated carbocycles. The summed E-state index contributed by atoms with van der Waals surface area (Å²) < 4.78 is 0. The van der Waals surface area contributed by atoms with E-state index in [1.54, 1.807) is 0 Å². The summed E-state index contributed by atoms with van der Waals surface area (Å²) in [6.07, 6.45) is 8.62. The van der Waals surface area contributed by atoms with E-state index in [2.05, 4.69) is 46.9 Å². The van der Waals surface area contributed by atoms with Gasteiger partial charge < -0.3 is 5.32 Å². The standard InChI is InChI=1S/C20H37N/c1-13(2)16-8-7-14(3)11-17(16)21-18-12-15-9-10-20(18,6)19(15,4)5/h13-18,21H,7-12H2,1-6H3. The zero-order valence-corrected chi connectivity index (χ0v) is 15.2. The van der Waals surface area contributed by atoms with Crippen molar-refractivity contribution >= 4 is 0 Å². The zero-order valence-electron chi connectivity index (χ0n) is 15.2. The lowest BCUT2D eigenvalue weighted by Gasteiger charge is -2.45. The molecule has 3 aliphatic carbocycles. The molecule has 21 heavy (non-hydrogen) atoms. The molecular formula is C20H37N. The van der Waals surface area contributed by atoms with Crippen LogP contribution in [0.5, 0.6) is 0 Å². The van der Waals surface area contributed by atoms with Gasteiger partial charge in [-0.2, -0.15) is 0 Å². The molecule has 0 aromatic rings. The number of fused-ring (bicyclic) bond motifs is 2. The molecule has 6 atom stereocenters. The largest absolute Gasteiger partial charge is 0.310 e. The van der Waals surface area contributed by atoms with Crippen LogP contribution in [0.25, 0.3) is 0 Å². The first kappa shape index (κ1) is 15.8. The van der Waals surface area contributed by atoms with Gasteiger partial charge in [0.25, 0.3) is 0 Å². The van der Waals surface area contributed by atoms with Gasteiger partial charge in [-0.3, -0.25) is 0 Å². The van der Waals surface area contributed by atoms with E-state index in [9.17, 15) is 0 Å². The van der Waals surface area contributed by atoms with E-state index in [0.29, 0.717) is 10.8 Å². The highest BCUT2D eigenvalue weighted by atomic mass is 15.0. The fourth-order valence-corrected chi connectivity index (χ4v) is 6.11. The second kappa shape index (κ2) is 5.25. The van der Waals surface area contributed by atoms with Crippen molar-refractivity contribution in [3.05, 3.63) is 0 Å². The van der Waals surface area contributed by atoms with Gasteiger partial charge in [0.1, 0.15) is 0 Å². The topological polar surface area (TPSA) is 12.0 Å². The van der Waals surface area contributed by atoms with Crippen LogP contribution in [0.1, 0.15) is 80.1 Å². The Labute approximate surface area is 132 Å². The van der Waals surface area contributed by atoms with Crippen LogP contribution in [0.15, 0.2) is 0 Å². The van der Waals surface area contributed by atoms with Crippen molar-refractivity contribution in [2.24, 2.45) is 34.5 Å². The van der Waals surface area contributed by atoms with Gasteiger partial charge in [0, 0.05) is 12.1 Å². The molecular weight excluding hydrogens is 254 g/mol. The first-order chi connectivity index (χ1) is 9.75. The predicted octanol–water partition coefficient (Wildman–Crippen LogP) is 5.25. The average Bonchev–Trinajstić information content (AvgIpc) is 2.71. The molecule has 1 heteroatoms. The highest BCUT2D eigenvalue weighted by Crippen LogP contribution is 2.65. The molecule has 0 aliphatic heterocycles. The fraction of sp³-hybridized carbons (Fsp3) is 1.00. The fourth-order valence-electron chi connectivity index (χ4n) is 6.11. The van der Waals surface area contributed by atoms with Crippen molar-refractivity contribution < 1.29 is 0 Å². The van der Waals surface area contributed by atoms with Crippen LogP contribution in [0.3, 0.4) is 0 Å². The summed E-state index contributed by atoms with van der Waals surface area (Å²) in [4.78, 5) is 0. The number of hydrogen-bond donors (Lipinski definition) is 1. The van der Waals surface area contributed by atoms with Crippen molar-refractivity contribution in [2.75, 3.05) is 0 Å². The van der Waals surface area contributed by atoms with Crippen molar-refractivity contribution in [3.63, 3.8) is 0 Å². The average molecular weight is 292 g/mol. The molecule has 6 unspecified atom stereocenters. The lowest BCUT2D eigenvalue weighted by atomic mass is 9.68. The molecule has 1 nitrogen and oxygen atoms in total. The SMILES string of the molecule is CC1CCC(C(C)C)C(NC2CC3CCC2(C)C3(C)C)C1. The Kier molecular flexibility index (Phi) is 3.96. The molecule has 0 amide bonds. The summed E-state index contributed by atoms with van der Waals surface area (Å²) in [5, 5.41) is 4.21. The smallest absolute Gasteiger partial charge is 0.0132 e. The summed E-state index contributed by atoms with van der Waals surface area (Å²) in [5.74, 6) is 3.59. The van der Waals surface area contributed by atoms with Gasteiger partial charge in [-0.25, -0.2) is 0 Å². The minimum absolute atomic E-state index is 0.528. The van der Waals surface area contributed by atoms with Crippen LogP contribution in [0, 0.1) is 34.5 Å². The molecule has 0 saturated heterocycles. The number of nitrogens with one attached hydrogen (secondary N) is 1. The number of rotatable bonds is 3. The van der Waals surface area contributed by atoms with E-state index in [0.717, 1.165) is 35.8 Å².